The van der Waals surface area contributed by atoms with Crippen molar-refractivity contribution in [1.82, 2.24) is 0 Å². The predicted molar refractivity (Wildman–Crippen MR) is 85.4 cm³/mol. The second-order valence-corrected chi connectivity index (χ2v) is 5.87. The fraction of sp³-hybridized carbons (Fsp3) is 0.176. The number of allylic oxidation sites excluding steroid dienone is 1. The Morgan fingerprint density at radius 1 is 0.950 bits per heavy atom. The lowest BCUT2D eigenvalue weighted by Gasteiger charge is -2.08. The summed E-state index contributed by atoms with van der Waals surface area (Å²) in [5.41, 5.74) is 4.60. The smallest absolute Gasteiger partial charge is 0.115 e. The Labute approximate surface area is 128 Å². The highest BCUT2D eigenvalue weighted by atomic mass is 35.5. The molecule has 1 aliphatic rings. The lowest BCUT2D eigenvalue weighted by atomic mass is 10.0. The van der Waals surface area contributed by atoms with Crippen LogP contribution >= 0.6 is 23.2 Å². The number of aromatic hydroxyl groups is 1. The third-order valence-corrected chi connectivity index (χ3v) is 4.17. The van der Waals surface area contributed by atoms with Crippen LogP contribution in [0.2, 0.25) is 10.0 Å². The van der Waals surface area contributed by atoms with E-state index in [1.807, 2.05) is 24.3 Å². The minimum atomic E-state index is 0.324. The molecule has 0 aliphatic heterocycles. The second kappa shape index (κ2) is 5.51. The summed E-state index contributed by atoms with van der Waals surface area (Å²) in [6.07, 6.45) is 5.14. The van der Waals surface area contributed by atoms with Gasteiger partial charge in [-0.15, -0.1) is 0 Å². The number of aryl methyl sites for hydroxylation is 1. The molecule has 0 bridgehead atoms. The topological polar surface area (TPSA) is 20.2 Å². The molecule has 0 atom stereocenters. The molecule has 102 valence electrons. The van der Waals surface area contributed by atoms with Crippen molar-refractivity contribution >= 4 is 34.9 Å². The molecule has 0 spiro atoms. The normalized spacial score (nSPS) is 14.4. The van der Waals surface area contributed by atoms with E-state index in [1.165, 1.54) is 11.1 Å². The van der Waals surface area contributed by atoms with Gasteiger partial charge in [0.15, 0.2) is 0 Å². The van der Waals surface area contributed by atoms with Crippen LogP contribution < -0.4 is 0 Å². The minimum absolute atomic E-state index is 0.324. The summed E-state index contributed by atoms with van der Waals surface area (Å²) in [5.74, 6) is 0.324. The molecule has 1 nitrogen and oxygen atoms in total. The fourth-order valence-electron chi connectivity index (χ4n) is 2.64. The van der Waals surface area contributed by atoms with Gasteiger partial charge in [0.05, 0.1) is 0 Å². The van der Waals surface area contributed by atoms with E-state index in [0.29, 0.717) is 15.8 Å². The van der Waals surface area contributed by atoms with Gasteiger partial charge in [-0.25, -0.2) is 0 Å². The Hall–Kier alpha value is -1.44. The zero-order valence-electron chi connectivity index (χ0n) is 10.9. The Morgan fingerprint density at radius 3 is 2.60 bits per heavy atom. The van der Waals surface area contributed by atoms with Crippen molar-refractivity contribution in [3.05, 3.63) is 63.1 Å². The minimum Gasteiger partial charge on any atom is -0.508 e. The second-order valence-electron chi connectivity index (χ2n) is 5.03. The van der Waals surface area contributed by atoms with Crippen LogP contribution in [0.3, 0.4) is 0 Å². The van der Waals surface area contributed by atoms with E-state index < -0.39 is 0 Å². The number of phenols is 1. The van der Waals surface area contributed by atoms with Crippen LogP contribution in [0.25, 0.3) is 11.6 Å². The average molecular weight is 305 g/mol. The number of hydrogen-bond acceptors (Lipinski definition) is 1. The summed E-state index contributed by atoms with van der Waals surface area (Å²) in [7, 11) is 0. The molecule has 0 unspecified atom stereocenters. The summed E-state index contributed by atoms with van der Waals surface area (Å²) in [4.78, 5) is 0. The van der Waals surface area contributed by atoms with Crippen molar-refractivity contribution in [2.24, 2.45) is 0 Å². The quantitative estimate of drug-likeness (QED) is 0.729. The van der Waals surface area contributed by atoms with Gasteiger partial charge in [0.2, 0.25) is 0 Å². The van der Waals surface area contributed by atoms with Crippen LogP contribution in [-0.4, -0.2) is 5.11 Å². The van der Waals surface area contributed by atoms with E-state index in [2.05, 4.69) is 6.08 Å². The van der Waals surface area contributed by atoms with Gasteiger partial charge in [-0.05, 0) is 65.8 Å². The first-order chi connectivity index (χ1) is 9.63. The van der Waals surface area contributed by atoms with Gasteiger partial charge in [0.25, 0.3) is 0 Å². The van der Waals surface area contributed by atoms with Crippen molar-refractivity contribution in [2.45, 2.75) is 19.3 Å². The van der Waals surface area contributed by atoms with E-state index in [0.717, 1.165) is 30.4 Å². The molecule has 0 aromatic heterocycles. The van der Waals surface area contributed by atoms with E-state index in [1.54, 1.807) is 12.1 Å². The van der Waals surface area contributed by atoms with E-state index in [4.69, 9.17) is 23.2 Å². The summed E-state index contributed by atoms with van der Waals surface area (Å²) >= 11 is 12.3. The predicted octanol–water partition coefficient (Wildman–Crippen LogP) is 5.58. The summed E-state index contributed by atoms with van der Waals surface area (Å²) in [6.45, 7) is 0. The Kier molecular flexibility index (Phi) is 3.73. The molecular formula is C17H14Cl2O. The van der Waals surface area contributed by atoms with Crippen LogP contribution in [0.5, 0.6) is 5.75 Å². The molecule has 2 aromatic carbocycles. The molecule has 3 heteroatoms. The first kappa shape index (κ1) is 13.5. The Morgan fingerprint density at radius 2 is 1.80 bits per heavy atom. The van der Waals surface area contributed by atoms with Gasteiger partial charge in [-0.1, -0.05) is 41.4 Å². The highest BCUT2D eigenvalue weighted by molar-refractivity contribution is 6.35. The zero-order valence-corrected chi connectivity index (χ0v) is 12.4. The van der Waals surface area contributed by atoms with Gasteiger partial charge >= 0.3 is 0 Å². The van der Waals surface area contributed by atoms with Gasteiger partial charge < -0.3 is 5.11 Å². The van der Waals surface area contributed by atoms with Gasteiger partial charge in [0.1, 0.15) is 5.75 Å². The first-order valence-electron chi connectivity index (χ1n) is 6.61. The number of fused-ring (bicyclic) bond motifs is 1. The highest BCUT2D eigenvalue weighted by Gasteiger charge is 2.13. The van der Waals surface area contributed by atoms with Crippen LogP contribution in [0.4, 0.5) is 0 Å². The summed E-state index contributed by atoms with van der Waals surface area (Å²) in [6, 6.07) is 11.1. The summed E-state index contributed by atoms with van der Waals surface area (Å²) in [5, 5.41) is 10.9. The van der Waals surface area contributed by atoms with Gasteiger partial charge in [-0.3, -0.25) is 0 Å². The van der Waals surface area contributed by atoms with E-state index in [-0.39, 0.29) is 0 Å². The molecule has 0 heterocycles. The molecule has 0 radical (unpaired) electrons. The zero-order chi connectivity index (χ0) is 14.1. The SMILES string of the molecule is Oc1ccc2c(c1)CCCC(c1ccc(Cl)cc1Cl)=C2. The van der Waals surface area contributed by atoms with Crippen molar-refractivity contribution < 1.29 is 5.11 Å². The van der Waals surface area contributed by atoms with Crippen LogP contribution in [-0.2, 0) is 6.42 Å². The molecule has 2 aromatic rings. The maximum absolute atomic E-state index is 9.58. The van der Waals surface area contributed by atoms with Crippen LogP contribution in [0.1, 0.15) is 29.5 Å². The highest BCUT2D eigenvalue weighted by Crippen LogP contribution is 2.35. The molecule has 0 fully saturated rings. The maximum atomic E-state index is 9.58. The maximum Gasteiger partial charge on any atom is 0.115 e. The Bertz CT molecular complexity index is 689. The first-order valence-corrected chi connectivity index (χ1v) is 7.37. The molecule has 0 saturated heterocycles. The van der Waals surface area contributed by atoms with Crippen molar-refractivity contribution in [1.29, 1.82) is 0 Å². The van der Waals surface area contributed by atoms with E-state index >= 15 is 0 Å². The van der Waals surface area contributed by atoms with Crippen LogP contribution in [0.15, 0.2) is 36.4 Å². The van der Waals surface area contributed by atoms with Crippen molar-refractivity contribution in [2.75, 3.05) is 0 Å². The van der Waals surface area contributed by atoms with Crippen LogP contribution in [0, 0.1) is 0 Å². The molecule has 1 N–H and O–H groups in total. The third kappa shape index (κ3) is 2.70. The van der Waals surface area contributed by atoms with Crippen molar-refractivity contribution in [3.8, 4) is 5.75 Å². The third-order valence-electron chi connectivity index (χ3n) is 3.63. The molecular weight excluding hydrogens is 291 g/mol. The standard InChI is InChI=1S/C17H14Cl2O/c18-14-5-7-16(17(19)10-14)13-3-1-2-11-9-15(20)6-4-12(11)8-13/h4-10,20H,1-3H2. The molecule has 0 amide bonds. The number of benzene rings is 2. The largest absolute Gasteiger partial charge is 0.508 e. The number of rotatable bonds is 1. The Balaban J connectivity index is 2.07. The summed E-state index contributed by atoms with van der Waals surface area (Å²) < 4.78 is 0. The van der Waals surface area contributed by atoms with E-state index in [9.17, 15) is 5.11 Å². The number of hydrogen-bond donors (Lipinski definition) is 1. The number of phenolic OH excluding ortho intramolecular Hbond substituents is 1. The number of halogens is 2. The molecule has 0 saturated carbocycles. The fourth-order valence-corrected chi connectivity index (χ4v) is 3.17. The lowest BCUT2D eigenvalue weighted by molar-refractivity contribution is 0.474. The average Bonchev–Trinajstić information content (AvgIpc) is 2.60. The van der Waals surface area contributed by atoms with Gasteiger partial charge in [-0.2, -0.15) is 0 Å². The molecule has 20 heavy (non-hydrogen) atoms. The van der Waals surface area contributed by atoms with Crippen molar-refractivity contribution in [3.63, 3.8) is 0 Å². The molecule has 3 rings (SSSR count). The molecule has 1 aliphatic carbocycles. The van der Waals surface area contributed by atoms with Gasteiger partial charge in [0, 0.05) is 10.0 Å². The lowest BCUT2D eigenvalue weighted by Crippen LogP contribution is -1.86. The monoisotopic (exact) mass is 304 g/mol.